The molecule has 0 saturated carbocycles. The molecule has 0 saturated heterocycles. The molecule has 5 heteroatoms. The summed E-state index contributed by atoms with van der Waals surface area (Å²) in [5.41, 5.74) is -0.257. The van der Waals surface area contributed by atoms with E-state index < -0.39 is 12.0 Å². The summed E-state index contributed by atoms with van der Waals surface area (Å²) in [5.74, 6) is -0.127. The smallest absolute Gasteiger partial charge is 0.329 e. The minimum absolute atomic E-state index is 0.257. The second kappa shape index (κ2) is 6.59. The van der Waals surface area contributed by atoms with E-state index in [9.17, 15) is 9.59 Å². The zero-order chi connectivity index (χ0) is 13.7. The van der Waals surface area contributed by atoms with E-state index in [4.69, 9.17) is 16.3 Å². The van der Waals surface area contributed by atoms with E-state index in [0.29, 0.717) is 18.1 Å². The Hall–Kier alpha value is -1.29. The molecule has 0 spiro atoms. The SMILES string of the molecule is CCC(C(=O)OCC(C)C)n1cc(Cl)ccc1=O. The number of rotatable bonds is 5. The number of esters is 1. The second-order valence-corrected chi connectivity index (χ2v) is 4.98. The average Bonchev–Trinajstić information content (AvgIpc) is 2.32. The Morgan fingerprint density at radius 3 is 2.67 bits per heavy atom. The van der Waals surface area contributed by atoms with Crippen molar-refractivity contribution in [2.24, 2.45) is 5.92 Å². The van der Waals surface area contributed by atoms with Crippen LogP contribution in [0.15, 0.2) is 23.1 Å². The van der Waals surface area contributed by atoms with Crippen LogP contribution in [0, 0.1) is 5.92 Å². The maximum atomic E-state index is 11.9. The molecule has 0 aromatic carbocycles. The molecule has 100 valence electrons. The summed E-state index contributed by atoms with van der Waals surface area (Å²) < 4.78 is 6.49. The quantitative estimate of drug-likeness (QED) is 0.774. The third kappa shape index (κ3) is 3.88. The van der Waals surface area contributed by atoms with E-state index in [2.05, 4.69) is 0 Å². The summed E-state index contributed by atoms with van der Waals surface area (Å²) in [7, 11) is 0. The van der Waals surface area contributed by atoms with Gasteiger partial charge in [-0.2, -0.15) is 0 Å². The monoisotopic (exact) mass is 271 g/mol. The van der Waals surface area contributed by atoms with Gasteiger partial charge in [0.2, 0.25) is 0 Å². The van der Waals surface area contributed by atoms with Gasteiger partial charge in [-0.3, -0.25) is 9.36 Å². The van der Waals surface area contributed by atoms with Crippen molar-refractivity contribution in [2.45, 2.75) is 33.2 Å². The molecular formula is C13H18ClNO3. The number of ether oxygens (including phenoxy) is 1. The van der Waals surface area contributed by atoms with Gasteiger partial charge in [-0.15, -0.1) is 0 Å². The summed E-state index contributed by atoms with van der Waals surface area (Å²) in [6, 6.07) is 2.24. The van der Waals surface area contributed by atoms with Crippen molar-refractivity contribution < 1.29 is 9.53 Å². The van der Waals surface area contributed by atoms with Gasteiger partial charge in [0.15, 0.2) is 0 Å². The van der Waals surface area contributed by atoms with Gasteiger partial charge in [-0.05, 0) is 18.4 Å². The lowest BCUT2D eigenvalue weighted by atomic mass is 10.2. The van der Waals surface area contributed by atoms with Gasteiger partial charge >= 0.3 is 5.97 Å². The summed E-state index contributed by atoms with van der Waals surface area (Å²) in [4.78, 5) is 23.6. The maximum Gasteiger partial charge on any atom is 0.329 e. The fraction of sp³-hybridized carbons (Fsp3) is 0.538. The molecule has 0 radical (unpaired) electrons. The predicted octanol–water partition coefficient (Wildman–Crippen LogP) is 2.65. The normalized spacial score (nSPS) is 12.5. The molecule has 0 aliphatic rings. The average molecular weight is 272 g/mol. The lowest BCUT2D eigenvalue weighted by Gasteiger charge is -2.17. The summed E-state index contributed by atoms with van der Waals surface area (Å²) in [5, 5.41) is 0.421. The number of pyridine rings is 1. The van der Waals surface area contributed by atoms with Crippen LogP contribution < -0.4 is 5.56 Å². The number of halogens is 1. The molecule has 0 bridgehead atoms. The molecular weight excluding hydrogens is 254 g/mol. The molecule has 1 aromatic heterocycles. The van der Waals surface area contributed by atoms with Crippen LogP contribution in [0.25, 0.3) is 0 Å². The first-order valence-electron chi connectivity index (χ1n) is 6.00. The zero-order valence-corrected chi connectivity index (χ0v) is 11.6. The van der Waals surface area contributed by atoms with Gasteiger partial charge in [0.05, 0.1) is 11.6 Å². The van der Waals surface area contributed by atoms with Crippen molar-refractivity contribution in [2.75, 3.05) is 6.61 Å². The first kappa shape index (κ1) is 14.8. The number of aromatic nitrogens is 1. The molecule has 0 fully saturated rings. The summed E-state index contributed by atoms with van der Waals surface area (Å²) >= 11 is 5.84. The number of hydrogen-bond donors (Lipinski definition) is 0. The van der Waals surface area contributed by atoms with Crippen molar-refractivity contribution in [1.29, 1.82) is 0 Å². The molecule has 0 aliphatic heterocycles. The lowest BCUT2D eigenvalue weighted by Crippen LogP contribution is -2.30. The van der Waals surface area contributed by atoms with Crippen LogP contribution >= 0.6 is 11.6 Å². The van der Waals surface area contributed by atoms with Crippen molar-refractivity contribution in [1.82, 2.24) is 4.57 Å². The van der Waals surface area contributed by atoms with Crippen LogP contribution in [0.4, 0.5) is 0 Å². The Bertz CT molecular complexity index is 468. The van der Waals surface area contributed by atoms with E-state index in [1.165, 1.54) is 22.9 Å². The Kier molecular flexibility index (Phi) is 5.41. The Morgan fingerprint density at radius 1 is 1.44 bits per heavy atom. The molecule has 0 aliphatic carbocycles. The Morgan fingerprint density at radius 2 is 2.11 bits per heavy atom. The van der Waals surface area contributed by atoms with Gasteiger partial charge in [-0.25, -0.2) is 4.79 Å². The third-order valence-corrected chi connectivity index (χ3v) is 2.68. The van der Waals surface area contributed by atoms with E-state index >= 15 is 0 Å². The van der Waals surface area contributed by atoms with E-state index in [0.717, 1.165) is 0 Å². The van der Waals surface area contributed by atoms with Crippen molar-refractivity contribution in [3.8, 4) is 0 Å². The van der Waals surface area contributed by atoms with Gasteiger partial charge in [0, 0.05) is 12.3 Å². The lowest BCUT2D eigenvalue weighted by molar-refractivity contribution is -0.149. The molecule has 1 unspecified atom stereocenters. The zero-order valence-electron chi connectivity index (χ0n) is 10.9. The van der Waals surface area contributed by atoms with E-state index in [1.807, 2.05) is 20.8 Å². The molecule has 1 rings (SSSR count). The second-order valence-electron chi connectivity index (χ2n) is 4.54. The van der Waals surface area contributed by atoms with Gasteiger partial charge in [0.1, 0.15) is 6.04 Å². The van der Waals surface area contributed by atoms with Crippen LogP contribution in [-0.2, 0) is 9.53 Å². The van der Waals surface area contributed by atoms with E-state index in [1.54, 1.807) is 0 Å². The molecule has 0 amide bonds. The maximum absolute atomic E-state index is 11.9. The first-order valence-corrected chi connectivity index (χ1v) is 6.37. The molecule has 4 nitrogen and oxygen atoms in total. The number of nitrogens with zero attached hydrogens (tertiary/aromatic N) is 1. The molecule has 18 heavy (non-hydrogen) atoms. The van der Waals surface area contributed by atoms with Gasteiger partial charge in [-0.1, -0.05) is 32.4 Å². The van der Waals surface area contributed by atoms with Crippen molar-refractivity contribution >= 4 is 17.6 Å². The fourth-order valence-corrected chi connectivity index (χ4v) is 1.71. The highest BCUT2D eigenvalue weighted by atomic mass is 35.5. The third-order valence-electron chi connectivity index (χ3n) is 2.46. The Balaban J connectivity index is 2.92. The van der Waals surface area contributed by atoms with Crippen molar-refractivity contribution in [3.63, 3.8) is 0 Å². The minimum Gasteiger partial charge on any atom is -0.464 e. The highest BCUT2D eigenvalue weighted by Crippen LogP contribution is 2.14. The number of carbonyl (C=O) groups is 1. The van der Waals surface area contributed by atoms with Crippen LogP contribution in [0.1, 0.15) is 33.2 Å². The first-order chi connectivity index (χ1) is 8.45. The highest BCUT2D eigenvalue weighted by molar-refractivity contribution is 6.30. The van der Waals surface area contributed by atoms with Crippen LogP contribution in [0.3, 0.4) is 0 Å². The number of hydrogen-bond acceptors (Lipinski definition) is 3. The molecule has 1 aromatic rings. The largest absolute Gasteiger partial charge is 0.464 e. The molecule has 1 heterocycles. The molecule has 0 N–H and O–H groups in total. The van der Waals surface area contributed by atoms with Crippen LogP contribution in [-0.4, -0.2) is 17.1 Å². The van der Waals surface area contributed by atoms with Crippen LogP contribution in [0.5, 0.6) is 0 Å². The summed E-state index contributed by atoms with van der Waals surface area (Å²) in [6.45, 7) is 6.10. The Labute approximate surface area is 112 Å². The topological polar surface area (TPSA) is 48.3 Å². The highest BCUT2D eigenvalue weighted by Gasteiger charge is 2.21. The predicted molar refractivity (Wildman–Crippen MR) is 70.8 cm³/mol. The number of carbonyl (C=O) groups excluding carboxylic acids is 1. The fourth-order valence-electron chi connectivity index (χ4n) is 1.54. The standard InChI is InChI=1S/C13H18ClNO3/c1-4-11(13(17)18-8-9(2)3)15-7-10(14)5-6-12(15)16/h5-7,9,11H,4,8H2,1-3H3. The minimum atomic E-state index is -0.616. The molecule has 1 atom stereocenters. The van der Waals surface area contributed by atoms with Crippen molar-refractivity contribution in [3.05, 3.63) is 33.7 Å². The van der Waals surface area contributed by atoms with Gasteiger partial charge < -0.3 is 4.74 Å². The van der Waals surface area contributed by atoms with Gasteiger partial charge in [0.25, 0.3) is 5.56 Å². The summed E-state index contributed by atoms with van der Waals surface area (Å²) in [6.07, 6.45) is 1.95. The van der Waals surface area contributed by atoms with Crippen LogP contribution in [0.2, 0.25) is 5.02 Å². The van der Waals surface area contributed by atoms with E-state index in [-0.39, 0.29) is 11.5 Å².